The van der Waals surface area contributed by atoms with Crippen molar-refractivity contribution < 1.29 is 8.42 Å². The molecule has 1 heterocycles. The van der Waals surface area contributed by atoms with Crippen LogP contribution in [0.4, 0.5) is 0 Å². The predicted molar refractivity (Wildman–Crippen MR) is 72.8 cm³/mol. The Morgan fingerprint density at radius 3 is 2.50 bits per heavy atom. The maximum Gasteiger partial charge on any atom is 0.243 e. The standard InChI is InChI=1S/C14H19NO2S/c1-4-13-9-12(3)10-15(13)18(16,17)14-7-5-11(2)6-8-14/h4-8,12-13H,1,9-10H2,2-3H3/t12-,13?/m0/s1. The first-order chi connectivity index (χ1) is 8.45. The molecule has 18 heavy (non-hydrogen) atoms. The van der Waals surface area contributed by atoms with Crippen molar-refractivity contribution in [3.05, 3.63) is 42.5 Å². The summed E-state index contributed by atoms with van der Waals surface area (Å²) in [4.78, 5) is 0.369. The summed E-state index contributed by atoms with van der Waals surface area (Å²) in [6, 6.07) is 6.93. The molecule has 0 aliphatic carbocycles. The SMILES string of the molecule is C=CC1C[C@H](C)CN1S(=O)(=O)c1ccc(C)cc1. The molecule has 0 spiro atoms. The molecular formula is C14H19NO2S. The van der Waals surface area contributed by atoms with Crippen LogP contribution in [0.1, 0.15) is 18.9 Å². The molecule has 1 aliphatic heterocycles. The molecule has 2 atom stereocenters. The predicted octanol–water partition coefficient (Wildman–Crippen LogP) is 2.58. The first-order valence-corrected chi connectivity index (χ1v) is 7.60. The lowest BCUT2D eigenvalue weighted by Gasteiger charge is -2.21. The number of sulfonamides is 1. The molecule has 0 N–H and O–H groups in total. The van der Waals surface area contributed by atoms with Gasteiger partial charge in [-0.1, -0.05) is 30.7 Å². The largest absolute Gasteiger partial charge is 0.243 e. The maximum atomic E-state index is 12.5. The molecule has 1 aromatic rings. The first kappa shape index (κ1) is 13.3. The summed E-state index contributed by atoms with van der Waals surface area (Å²) in [5.74, 6) is 0.383. The van der Waals surface area contributed by atoms with Crippen LogP contribution in [0.5, 0.6) is 0 Å². The first-order valence-electron chi connectivity index (χ1n) is 6.16. The Morgan fingerprint density at radius 1 is 1.33 bits per heavy atom. The van der Waals surface area contributed by atoms with Crippen LogP contribution in [0.2, 0.25) is 0 Å². The number of hydrogen-bond donors (Lipinski definition) is 0. The van der Waals surface area contributed by atoms with Gasteiger partial charge in [0, 0.05) is 12.6 Å². The zero-order valence-electron chi connectivity index (χ0n) is 10.8. The van der Waals surface area contributed by atoms with E-state index in [0.717, 1.165) is 12.0 Å². The van der Waals surface area contributed by atoms with Crippen molar-refractivity contribution >= 4 is 10.0 Å². The molecule has 1 fully saturated rings. The number of benzene rings is 1. The van der Waals surface area contributed by atoms with Gasteiger partial charge in [0.05, 0.1) is 4.90 Å². The Hall–Kier alpha value is -1.13. The fourth-order valence-corrected chi connectivity index (χ4v) is 4.11. The molecule has 2 rings (SSSR count). The van der Waals surface area contributed by atoms with Crippen molar-refractivity contribution in [3.63, 3.8) is 0 Å². The van der Waals surface area contributed by atoms with E-state index in [0.29, 0.717) is 17.4 Å². The smallest absolute Gasteiger partial charge is 0.207 e. The monoisotopic (exact) mass is 265 g/mol. The number of hydrogen-bond acceptors (Lipinski definition) is 2. The van der Waals surface area contributed by atoms with E-state index < -0.39 is 10.0 Å². The van der Waals surface area contributed by atoms with E-state index >= 15 is 0 Å². The van der Waals surface area contributed by atoms with Gasteiger partial charge in [0.2, 0.25) is 10.0 Å². The molecule has 0 saturated carbocycles. The summed E-state index contributed by atoms with van der Waals surface area (Å²) >= 11 is 0. The Kier molecular flexibility index (Phi) is 3.59. The summed E-state index contributed by atoms with van der Waals surface area (Å²) in [5, 5.41) is 0. The lowest BCUT2D eigenvalue weighted by Crippen LogP contribution is -2.34. The highest BCUT2D eigenvalue weighted by molar-refractivity contribution is 7.89. The highest BCUT2D eigenvalue weighted by atomic mass is 32.2. The van der Waals surface area contributed by atoms with Crippen molar-refractivity contribution in [2.24, 2.45) is 5.92 Å². The van der Waals surface area contributed by atoms with Gasteiger partial charge >= 0.3 is 0 Å². The second-order valence-electron chi connectivity index (χ2n) is 5.03. The fraction of sp³-hybridized carbons (Fsp3) is 0.429. The van der Waals surface area contributed by atoms with Gasteiger partial charge in [0.15, 0.2) is 0 Å². The third-order valence-corrected chi connectivity index (χ3v) is 5.31. The minimum Gasteiger partial charge on any atom is -0.207 e. The van der Waals surface area contributed by atoms with E-state index in [1.165, 1.54) is 0 Å². The van der Waals surface area contributed by atoms with Crippen molar-refractivity contribution in [1.82, 2.24) is 4.31 Å². The van der Waals surface area contributed by atoms with Crippen LogP contribution in [0.3, 0.4) is 0 Å². The number of aryl methyl sites for hydroxylation is 1. The molecule has 0 amide bonds. The van der Waals surface area contributed by atoms with E-state index in [1.54, 1.807) is 22.5 Å². The Bertz CT molecular complexity index is 533. The summed E-state index contributed by atoms with van der Waals surface area (Å²) in [7, 11) is -3.39. The maximum absolute atomic E-state index is 12.5. The van der Waals surface area contributed by atoms with E-state index in [1.807, 2.05) is 19.1 Å². The van der Waals surface area contributed by atoms with E-state index in [-0.39, 0.29) is 6.04 Å². The Labute approximate surface area is 109 Å². The quantitative estimate of drug-likeness (QED) is 0.788. The fourth-order valence-electron chi connectivity index (χ4n) is 2.38. The second kappa shape index (κ2) is 4.86. The van der Waals surface area contributed by atoms with Crippen LogP contribution < -0.4 is 0 Å². The van der Waals surface area contributed by atoms with E-state index in [2.05, 4.69) is 13.5 Å². The summed E-state index contributed by atoms with van der Waals surface area (Å²) in [6.07, 6.45) is 2.59. The molecule has 1 aromatic carbocycles. The minimum atomic E-state index is -3.39. The second-order valence-corrected chi connectivity index (χ2v) is 6.92. The van der Waals surface area contributed by atoms with Crippen molar-refractivity contribution in [2.75, 3.05) is 6.54 Å². The van der Waals surface area contributed by atoms with Crippen LogP contribution in [0.15, 0.2) is 41.8 Å². The molecule has 1 unspecified atom stereocenters. The average Bonchev–Trinajstić information content (AvgIpc) is 2.72. The van der Waals surface area contributed by atoms with E-state index in [4.69, 9.17) is 0 Å². The Balaban J connectivity index is 2.36. The van der Waals surface area contributed by atoms with Gasteiger partial charge in [-0.3, -0.25) is 0 Å². The third-order valence-electron chi connectivity index (χ3n) is 3.41. The van der Waals surface area contributed by atoms with Crippen molar-refractivity contribution in [1.29, 1.82) is 0 Å². The molecule has 3 nitrogen and oxygen atoms in total. The van der Waals surface area contributed by atoms with Crippen molar-refractivity contribution in [2.45, 2.75) is 31.2 Å². The Morgan fingerprint density at radius 2 is 1.94 bits per heavy atom. The van der Waals surface area contributed by atoms with Crippen LogP contribution in [-0.2, 0) is 10.0 Å². The van der Waals surface area contributed by atoms with Crippen molar-refractivity contribution in [3.8, 4) is 0 Å². The molecule has 1 saturated heterocycles. The highest BCUT2D eigenvalue weighted by Gasteiger charge is 2.36. The van der Waals surface area contributed by atoms with Gasteiger partial charge in [-0.05, 0) is 31.4 Å². The van der Waals surface area contributed by atoms with E-state index in [9.17, 15) is 8.42 Å². The topological polar surface area (TPSA) is 37.4 Å². The van der Waals surface area contributed by atoms with Gasteiger partial charge in [0.1, 0.15) is 0 Å². The normalized spacial score (nSPS) is 25.2. The zero-order chi connectivity index (χ0) is 13.3. The molecule has 0 aromatic heterocycles. The van der Waals surface area contributed by atoms with Gasteiger partial charge < -0.3 is 0 Å². The lowest BCUT2D eigenvalue weighted by molar-refractivity contribution is 0.427. The van der Waals surface area contributed by atoms with Gasteiger partial charge in [-0.15, -0.1) is 6.58 Å². The summed E-state index contributed by atoms with van der Waals surface area (Å²) < 4.78 is 26.6. The summed E-state index contributed by atoms with van der Waals surface area (Å²) in [6.45, 7) is 8.33. The van der Waals surface area contributed by atoms with Gasteiger partial charge in [0.25, 0.3) is 0 Å². The lowest BCUT2D eigenvalue weighted by atomic mass is 10.1. The zero-order valence-corrected chi connectivity index (χ0v) is 11.7. The number of rotatable bonds is 3. The van der Waals surface area contributed by atoms with Crippen LogP contribution in [-0.4, -0.2) is 25.3 Å². The highest BCUT2D eigenvalue weighted by Crippen LogP contribution is 2.29. The van der Waals surface area contributed by atoms with Gasteiger partial charge in [-0.25, -0.2) is 8.42 Å². The molecule has 0 bridgehead atoms. The molecular weight excluding hydrogens is 246 g/mol. The number of nitrogens with zero attached hydrogens (tertiary/aromatic N) is 1. The molecule has 0 radical (unpaired) electrons. The van der Waals surface area contributed by atoms with Crippen LogP contribution in [0.25, 0.3) is 0 Å². The van der Waals surface area contributed by atoms with Gasteiger partial charge in [-0.2, -0.15) is 4.31 Å². The average molecular weight is 265 g/mol. The van der Waals surface area contributed by atoms with Crippen LogP contribution >= 0.6 is 0 Å². The minimum absolute atomic E-state index is 0.0775. The van der Waals surface area contributed by atoms with Crippen LogP contribution in [0, 0.1) is 12.8 Å². The summed E-state index contributed by atoms with van der Waals surface area (Å²) in [5.41, 5.74) is 1.06. The molecule has 4 heteroatoms. The molecule has 1 aliphatic rings. The molecule has 98 valence electrons. The third kappa shape index (κ3) is 2.35.